The minimum Gasteiger partial charge on any atom is -0.458 e. The number of nitrogens with one attached hydrogen (secondary N) is 1. The maximum Gasteiger partial charge on any atom is 0.306 e. The van der Waals surface area contributed by atoms with E-state index in [1.165, 1.54) is 122 Å². The molecule has 0 aliphatic heterocycles. The van der Waals surface area contributed by atoms with E-state index in [-0.39, 0.29) is 24.9 Å². The first-order valence-corrected chi connectivity index (χ1v) is 29.6. The second kappa shape index (κ2) is 57.4. The van der Waals surface area contributed by atoms with Gasteiger partial charge in [0.2, 0.25) is 5.91 Å². The molecule has 0 aromatic rings. The number of carbonyl (C=O) groups is 2. The van der Waals surface area contributed by atoms with Gasteiger partial charge in [-0.25, -0.2) is 0 Å². The lowest BCUT2D eigenvalue weighted by Crippen LogP contribution is -2.46. The van der Waals surface area contributed by atoms with Crippen LogP contribution < -0.4 is 5.32 Å². The van der Waals surface area contributed by atoms with E-state index < -0.39 is 18.2 Å². The van der Waals surface area contributed by atoms with Gasteiger partial charge in [0, 0.05) is 6.42 Å². The summed E-state index contributed by atoms with van der Waals surface area (Å²) in [5.41, 5.74) is 0. The highest BCUT2D eigenvalue weighted by atomic mass is 16.5. The molecule has 0 aromatic heterocycles. The Morgan fingerprint density at radius 1 is 0.437 bits per heavy atom. The van der Waals surface area contributed by atoms with Crippen molar-refractivity contribution in [3.8, 4) is 0 Å². The molecule has 0 fully saturated rings. The van der Waals surface area contributed by atoms with Crippen LogP contribution in [0.4, 0.5) is 0 Å². The molecular weight excluding hydrogens is 875 g/mol. The molecule has 0 rings (SSSR count). The van der Waals surface area contributed by atoms with Gasteiger partial charge in [0.15, 0.2) is 0 Å². The topological polar surface area (TPSA) is 95.9 Å². The molecule has 0 aromatic carbocycles. The van der Waals surface area contributed by atoms with Crippen molar-refractivity contribution < 1.29 is 24.5 Å². The van der Waals surface area contributed by atoms with E-state index in [2.05, 4.69) is 123 Å². The number of carbonyl (C=O) groups excluding carboxylic acids is 2. The van der Waals surface area contributed by atoms with Crippen molar-refractivity contribution in [2.75, 3.05) is 6.61 Å². The van der Waals surface area contributed by atoms with E-state index in [4.69, 9.17) is 4.74 Å². The summed E-state index contributed by atoms with van der Waals surface area (Å²) in [5.74, 6) is -0.647. The van der Waals surface area contributed by atoms with Crippen molar-refractivity contribution in [1.29, 1.82) is 0 Å². The smallest absolute Gasteiger partial charge is 0.306 e. The highest BCUT2D eigenvalue weighted by Crippen LogP contribution is 2.16. The molecular formula is C65H111NO5. The van der Waals surface area contributed by atoms with Crippen LogP contribution in [0.25, 0.3) is 0 Å². The predicted octanol–water partition coefficient (Wildman–Crippen LogP) is 18.6. The Kier molecular flexibility index (Phi) is 54.6. The van der Waals surface area contributed by atoms with Crippen molar-refractivity contribution in [3.63, 3.8) is 0 Å². The van der Waals surface area contributed by atoms with E-state index in [0.29, 0.717) is 19.3 Å². The molecule has 0 heterocycles. The average molecular weight is 987 g/mol. The van der Waals surface area contributed by atoms with Crippen LogP contribution in [-0.2, 0) is 14.3 Å². The van der Waals surface area contributed by atoms with Crippen LogP contribution in [0.2, 0.25) is 0 Å². The van der Waals surface area contributed by atoms with Crippen LogP contribution in [0.1, 0.15) is 265 Å². The molecule has 6 heteroatoms. The lowest BCUT2D eigenvalue weighted by atomic mass is 10.0. The summed E-state index contributed by atoms with van der Waals surface area (Å²) in [6, 6.07) is -0.754. The number of aliphatic hydroxyl groups excluding tert-OH is 2. The van der Waals surface area contributed by atoms with E-state index >= 15 is 0 Å². The second-order valence-corrected chi connectivity index (χ2v) is 19.7. The molecule has 0 spiro atoms. The Hall–Kier alpha value is -3.48. The zero-order valence-electron chi connectivity index (χ0n) is 46.3. The van der Waals surface area contributed by atoms with Crippen LogP contribution in [0, 0.1) is 0 Å². The summed E-state index contributed by atoms with van der Waals surface area (Å²) in [7, 11) is 0. The Balaban J connectivity index is 4.74. The zero-order chi connectivity index (χ0) is 51.6. The van der Waals surface area contributed by atoms with E-state index in [1.54, 1.807) is 6.08 Å². The molecule has 3 atom stereocenters. The maximum atomic E-state index is 13.3. The molecule has 0 bridgehead atoms. The number of aliphatic hydroxyl groups is 2. The van der Waals surface area contributed by atoms with Gasteiger partial charge in [0.25, 0.3) is 0 Å². The van der Waals surface area contributed by atoms with Gasteiger partial charge in [-0.05, 0) is 96.0 Å². The Labute approximate surface area is 438 Å². The molecule has 1 amide bonds. The molecule has 406 valence electrons. The third-order valence-electron chi connectivity index (χ3n) is 12.8. The van der Waals surface area contributed by atoms with E-state index in [1.807, 2.05) is 6.08 Å². The monoisotopic (exact) mass is 986 g/mol. The molecule has 3 N–H and O–H groups in total. The summed E-state index contributed by atoms with van der Waals surface area (Å²) in [4.78, 5) is 26.3. The zero-order valence-corrected chi connectivity index (χ0v) is 46.3. The molecule has 6 nitrogen and oxygen atoms in total. The quantitative estimate of drug-likeness (QED) is 0.0321. The maximum absolute atomic E-state index is 13.3. The van der Waals surface area contributed by atoms with Gasteiger partial charge in [-0.2, -0.15) is 0 Å². The summed E-state index contributed by atoms with van der Waals surface area (Å²) >= 11 is 0. The number of hydrogen-bond donors (Lipinski definition) is 3. The van der Waals surface area contributed by atoms with Crippen LogP contribution in [0.3, 0.4) is 0 Å². The fourth-order valence-corrected chi connectivity index (χ4v) is 8.38. The average Bonchev–Trinajstić information content (AvgIpc) is 3.36. The normalized spacial score (nSPS) is 13.9. The highest BCUT2D eigenvalue weighted by molar-refractivity contribution is 5.78. The van der Waals surface area contributed by atoms with Crippen LogP contribution in [0.15, 0.2) is 109 Å². The molecule has 71 heavy (non-hydrogen) atoms. The molecule has 3 unspecified atom stereocenters. The fraction of sp³-hybridized carbons (Fsp3) is 0.692. The van der Waals surface area contributed by atoms with Crippen molar-refractivity contribution in [3.05, 3.63) is 109 Å². The third kappa shape index (κ3) is 52.7. The highest BCUT2D eigenvalue weighted by Gasteiger charge is 2.23. The molecule has 0 saturated carbocycles. The second-order valence-electron chi connectivity index (χ2n) is 19.7. The van der Waals surface area contributed by atoms with Crippen molar-refractivity contribution in [2.24, 2.45) is 0 Å². The first kappa shape index (κ1) is 67.5. The number of hydrogen-bond acceptors (Lipinski definition) is 5. The SMILES string of the molecule is CC/C=C\C/C=C\C/C=C\C/C=C\C/C=C\C/C=C\C(CC(=O)NC(CO)C(O)CCCCCCCCCCCCCCCCCC)OC(=O)CCCCCCCC/C=C\C/C=C\C/C=C\CCCCC. The number of rotatable bonds is 52. The minimum absolute atomic E-state index is 0.0581. The van der Waals surface area contributed by atoms with E-state index in [9.17, 15) is 19.8 Å². The molecule has 0 radical (unpaired) electrons. The van der Waals surface area contributed by atoms with Crippen LogP contribution >= 0.6 is 0 Å². The fourth-order valence-electron chi connectivity index (χ4n) is 8.38. The summed E-state index contributed by atoms with van der Waals surface area (Å²) in [6.07, 6.45) is 79.0. The third-order valence-corrected chi connectivity index (χ3v) is 12.8. The summed E-state index contributed by atoms with van der Waals surface area (Å²) in [5, 5.41) is 23.8. The Morgan fingerprint density at radius 3 is 1.23 bits per heavy atom. The van der Waals surface area contributed by atoms with Crippen LogP contribution in [-0.4, -0.2) is 46.9 Å². The van der Waals surface area contributed by atoms with Gasteiger partial charge < -0.3 is 20.3 Å². The standard InChI is InChI=1S/C65H111NO5/c1-4-7-10-13-16-19-22-25-28-31-32-34-37-40-43-46-49-52-55-58-65(70)71-61(56-53-50-47-44-41-38-35-33-29-26-23-20-17-14-11-8-5-2)59-64(69)66-62(60-67)63(68)57-54-51-48-45-42-39-36-30-27-24-21-18-15-12-9-6-3/h8,11,16-17,19-20,25-26,28-29,32,34-35,38,44,47,53,56,61-63,67-68H,4-7,9-10,12-15,18,21-24,27,30-31,33,36-37,39-43,45-46,48-52,54-55,57-60H2,1-3H3,(H,66,69)/b11-8-,19-16-,20-17-,28-25-,29-26-,34-32-,38-35-,47-44-,56-53-. The van der Waals surface area contributed by atoms with Crippen molar-refractivity contribution in [1.82, 2.24) is 5.32 Å². The summed E-state index contributed by atoms with van der Waals surface area (Å²) in [6.45, 7) is 6.32. The van der Waals surface area contributed by atoms with Crippen molar-refractivity contribution >= 4 is 11.9 Å². The lowest BCUT2D eigenvalue weighted by Gasteiger charge is -2.23. The number of unbranched alkanes of at least 4 members (excludes halogenated alkanes) is 24. The van der Waals surface area contributed by atoms with Gasteiger partial charge in [-0.15, -0.1) is 0 Å². The predicted molar refractivity (Wildman–Crippen MR) is 310 cm³/mol. The Bertz CT molecular complexity index is 1430. The first-order valence-electron chi connectivity index (χ1n) is 29.6. The number of allylic oxidation sites excluding steroid dienone is 17. The first-order chi connectivity index (χ1) is 35.0. The van der Waals surface area contributed by atoms with Crippen LogP contribution in [0.5, 0.6) is 0 Å². The van der Waals surface area contributed by atoms with Gasteiger partial charge in [0.1, 0.15) is 6.10 Å². The summed E-state index contributed by atoms with van der Waals surface area (Å²) < 4.78 is 5.85. The Morgan fingerprint density at radius 2 is 0.789 bits per heavy atom. The van der Waals surface area contributed by atoms with Crippen molar-refractivity contribution in [2.45, 2.75) is 283 Å². The van der Waals surface area contributed by atoms with E-state index in [0.717, 1.165) is 96.3 Å². The number of amides is 1. The van der Waals surface area contributed by atoms with Gasteiger partial charge >= 0.3 is 5.97 Å². The van der Waals surface area contributed by atoms with Gasteiger partial charge in [-0.3, -0.25) is 9.59 Å². The molecule has 0 aliphatic rings. The molecule has 0 aliphatic carbocycles. The minimum atomic E-state index is -0.830. The van der Waals surface area contributed by atoms with Gasteiger partial charge in [-0.1, -0.05) is 265 Å². The van der Waals surface area contributed by atoms with Gasteiger partial charge in [0.05, 0.1) is 25.2 Å². The lowest BCUT2D eigenvalue weighted by molar-refractivity contribution is -0.148. The number of ether oxygens (including phenoxy) is 1. The number of esters is 1. The largest absolute Gasteiger partial charge is 0.458 e. The molecule has 0 saturated heterocycles.